The Hall–Kier alpha value is -0.980. The monoisotopic (exact) mass is 266 g/mol. The summed E-state index contributed by atoms with van der Waals surface area (Å²) in [5.41, 5.74) is 0. The van der Waals surface area contributed by atoms with Gasteiger partial charge in [0.05, 0.1) is 19.3 Å². The van der Waals surface area contributed by atoms with E-state index in [2.05, 4.69) is 34.1 Å². The summed E-state index contributed by atoms with van der Waals surface area (Å²) in [6.07, 6.45) is 2.67. The summed E-state index contributed by atoms with van der Waals surface area (Å²) < 4.78 is 11.5. The molecule has 2 fully saturated rings. The van der Waals surface area contributed by atoms with E-state index in [0.717, 1.165) is 44.6 Å². The number of ether oxygens (including phenoxy) is 1. The van der Waals surface area contributed by atoms with E-state index in [1.165, 1.54) is 12.8 Å². The van der Waals surface area contributed by atoms with Crippen LogP contribution in [0.4, 0.5) is 0 Å². The number of hydrogen-bond acceptors (Lipinski definition) is 6. The standard InChI is InChI=1S/C13H22N4O2/c1-16(2)7-11-8-17(5-6-18-11)9-12-14-15-13(19-12)10-3-4-10/h10-11H,3-9H2,1-2H3. The lowest BCUT2D eigenvalue weighted by Gasteiger charge is -2.33. The van der Waals surface area contributed by atoms with Crippen LogP contribution in [0.15, 0.2) is 4.42 Å². The molecule has 3 rings (SSSR count). The van der Waals surface area contributed by atoms with Crippen LogP contribution in [0.2, 0.25) is 0 Å². The van der Waals surface area contributed by atoms with Crippen LogP contribution in [0.1, 0.15) is 30.5 Å². The Morgan fingerprint density at radius 3 is 2.89 bits per heavy atom. The van der Waals surface area contributed by atoms with Gasteiger partial charge in [0.2, 0.25) is 11.8 Å². The highest BCUT2D eigenvalue weighted by Crippen LogP contribution is 2.39. The highest BCUT2D eigenvalue weighted by Gasteiger charge is 2.30. The van der Waals surface area contributed by atoms with Gasteiger partial charge in [-0.2, -0.15) is 0 Å². The molecule has 1 aromatic heterocycles. The molecule has 0 radical (unpaired) electrons. The molecule has 0 amide bonds. The maximum Gasteiger partial charge on any atom is 0.230 e. The molecular weight excluding hydrogens is 244 g/mol. The highest BCUT2D eigenvalue weighted by atomic mass is 16.5. The van der Waals surface area contributed by atoms with Gasteiger partial charge in [0.15, 0.2) is 0 Å². The van der Waals surface area contributed by atoms with E-state index < -0.39 is 0 Å². The molecule has 1 aliphatic heterocycles. The van der Waals surface area contributed by atoms with Crippen LogP contribution in [0.3, 0.4) is 0 Å². The fraction of sp³-hybridized carbons (Fsp3) is 0.846. The topological polar surface area (TPSA) is 54.6 Å². The SMILES string of the molecule is CN(C)CC1CN(Cc2nnc(C3CC3)o2)CCO1. The van der Waals surface area contributed by atoms with Gasteiger partial charge in [-0.05, 0) is 26.9 Å². The summed E-state index contributed by atoms with van der Waals surface area (Å²) in [5, 5.41) is 8.28. The second-order valence-corrected chi connectivity index (χ2v) is 5.80. The first-order chi connectivity index (χ1) is 9.20. The zero-order valence-electron chi connectivity index (χ0n) is 11.7. The fourth-order valence-electron chi connectivity index (χ4n) is 2.46. The van der Waals surface area contributed by atoms with Gasteiger partial charge < -0.3 is 14.1 Å². The number of nitrogens with zero attached hydrogens (tertiary/aromatic N) is 4. The number of likely N-dealkylation sites (N-methyl/N-ethyl adjacent to an activating group) is 1. The van der Waals surface area contributed by atoms with Crippen LogP contribution in [-0.4, -0.2) is 66.4 Å². The first kappa shape index (κ1) is 13.0. The van der Waals surface area contributed by atoms with E-state index in [1.807, 2.05) is 0 Å². The molecule has 2 heterocycles. The maximum absolute atomic E-state index is 5.76. The fourth-order valence-corrected chi connectivity index (χ4v) is 2.46. The smallest absolute Gasteiger partial charge is 0.230 e. The normalized spacial score (nSPS) is 25.1. The molecule has 6 heteroatoms. The molecule has 2 aliphatic rings. The molecule has 1 aliphatic carbocycles. The average molecular weight is 266 g/mol. The van der Waals surface area contributed by atoms with Crippen molar-refractivity contribution >= 4 is 0 Å². The molecule has 19 heavy (non-hydrogen) atoms. The minimum absolute atomic E-state index is 0.273. The lowest BCUT2D eigenvalue weighted by atomic mass is 10.2. The number of rotatable bonds is 5. The quantitative estimate of drug-likeness (QED) is 0.782. The molecule has 0 spiro atoms. The zero-order valence-corrected chi connectivity index (χ0v) is 11.7. The van der Waals surface area contributed by atoms with Gasteiger partial charge in [-0.25, -0.2) is 0 Å². The molecular formula is C13H22N4O2. The Balaban J connectivity index is 1.53. The van der Waals surface area contributed by atoms with Gasteiger partial charge in [0, 0.05) is 25.6 Å². The van der Waals surface area contributed by atoms with Crippen molar-refractivity contribution in [2.24, 2.45) is 0 Å². The summed E-state index contributed by atoms with van der Waals surface area (Å²) in [7, 11) is 4.14. The number of aromatic nitrogens is 2. The van der Waals surface area contributed by atoms with E-state index in [-0.39, 0.29) is 6.10 Å². The molecule has 1 saturated carbocycles. The maximum atomic E-state index is 5.76. The van der Waals surface area contributed by atoms with Crippen molar-refractivity contribution < 1.29 is 9.15 Å². The van der Waals surface area contributed by atoms with Gasteiger partial charge in [0.25, 0.3) is 0 Å². The van der Waals surface area contributed by atoms with Crippen LogP contribution in [0, 0.1) is 0 Å². The van der Waals surface area contributed by atoms with Gasteiger partial charge in [0.1, 0.15) is 0 Å². The molecule has 0 bridgehead atoms. The number of hydrogen-bond donors (Lipinski definition) is 0. The van der Waals surface area contributed by atoms with E-state index in [0.29, 0.717) is 5.92 Å². The lowest BCUT2D eigenvalue weighted by molar-refractivity contribution is -0.0427. The van der Waals surface area contributed by atoms with Gasteiger partial charge in [-0.3, -0.25) is 4.90 Å². The zero-order chi connectivity index (χ0) is 13.2. The summed E-state index contributed by atoms with van der Waals surface area (Å²) >= 11 is 0. The summed E-state index contributed by atoms with van der Waals surface area (Å²) in [6.45, 7) is 4.34. The third-order valence-corrected chi connectivity index (χ3v) is 3.56. The van der Waals surface area contributed by atoms with Gasteiger partial charge >= 0.3 is 0 Å². The lowest BCUT2D eigenvalue weighted by Crippen LogP contribution is -2.46. The second kappa shape index (κ2) is 5.56. The third kappa shape index (κ3) is 3.52. The van der Waals surface area contributed by atoms with Crippen molar-refractivity contribution in [2.45, 2.75) is 31.4 Å². The van der Waals surface area contributed by atoms with E-state index in [1.54, 1.807) is 0 Å². The molecule has 6 nitrogen and oxygen atoms in total. The first-order valence-corrected chi connectivity index (χ1v) is 7.01. The predicted octanol–water partition coefficient (Wildman–Crippen LogP) is 0.709. The Kier molecular flexibility index (Phi) is 3.81. The van der Waals surface area contributed by atoms with E-state index in [4.69, 9.17) is 9.15 Å². The van der Waals surface area contributed by atoms with Gasteiger partial charge in [-0.1, -0.05) is 0 Å². The minimum Gasteiger partial charge on any atom is -0.424 e. The molecule has 1 aromatic rings. The van der Waals surface area contributed by atoms with Crippen LogP contribution < -0.4 is 0 Å². The van der Waals surface area contributed by atoms with Crippen LogP contribution >= 0.6 is 0 Å². The van der Waals surface area contributed by atoms with Crippen LogP contribution in [0.5, 0.6) is 0 Å². The molecule has 0 N–H and O–H groups in total. The summed E-state index contributed by atoms with van der Waals surface area (Å²) in [4.78, 5) is 4.49. The van der Waals surface area contributed by atoms with Crippen molar-refractivity contribution in [1.29, 1.82) is 0 Å². The Morgan fingerprint density at radius 2 is 2.16 bits per heavy atom. The van der Waals surface area contributed by atoms with E-state index in [9.17, 15) is 0 Å². The molecule has 1 saturated heterocycles. The van der Waals surface area contributed by atoms with E-state index >= 15 is 0 Å². The molecule has 1 unspecified atom stereocenters. The van der Waals surface area contributed by atoms with Crippen LogP contribution in [0.25, 0.3) is 0 Å². The molecule has 106 valence electrons. The first-order valence-electron chi connectivity index (χ1n) is 7.01. The second-order valence-electron chi connectivity index (χ2n) is 5.80. The van der Waals surface area contributed by atoms with Crippen molar-refractivity contribution in [3.05, 3.63) is 11.8 Å². The Morgan fingerprint density at radius 1 is 1.32 bits per heavy atom. The Labute approximate surface area is 113 Å². The molecule has 0 aromatic carbocycles. The van der Waals surface area contributed by atoms with Gasteiger partial charge in [-0.15, -0.1) is 10.2 Å². The predicted molar refractivity (Wildman–Crippen MR) is 69.8 cm³/mol. The highest BCUT2D eigenvalue weighted by molar-refractivity contribution is 5.00. The number of morpholine rings is 1. The third-order valence-electron chi connectivity index (χ3n) is 3.56. The van der Waals surface area contributed by atoms with Crippen LogP contribution in [-0.2, 0) is 11.3 Å². The Bertz CT molecular complexity index is 417. The van der Waals surface area contributed by atoms with Crippen molar-refractivity contribution in [3.8, 4) is 0 Å². The average Bonchev–Trinajstić information content (AvgIpc) is 3.10. The minimum atomic E-state index is 0.273. The van der Waals surface area contributed by atoms with Crippen molar-refractivity contribution in [2.75, 3.05) is 40.3 Å². The largest absolute Gasteiger partial charge is 0.424 e. The van der Waals surface area contributed by atoms with Crippen molar-refractivity contribution in [3.63, 3.8) is 0 Å². The molecule has 1 atom stereocenters. The summed E-state index contributed by atoms with van der Waals surface area (Å²) in [5.74, 6) is 2.10. The van der Waals surface area contributed by atoms with Crippen molar-refractivity contribution in [1.82, 2.24) is 20.0 Å². The summed E-state index contributed by atoms with van der Waals surface area (Å²) in [6, 6.07) is 0.